The van der Waals surface area contributed by atoms with Crippen LogP contribution in [0.4, 0.5) is 10.3 Å². The van der Waals surface area contributed by atoms with E-state index in [0.29, 0.717) is 11.2 Å². The molecule has 0 aliphatic carbocycles. The van der Waals surface area contributed by atoms with Gasteiger partial charge in [-0.2, -0.15) is 0 Å². The molecule has 0 saturated carbocycles. The van der Waals surface area contributed by atoms with Gasteiger partial charge >= 0.3 is 0 Å². The molecule has 1 amide bonds. The highest BCUT2D eigenvalue weighted by Gasteiger charge is 2.25. The minimum absolute atomic E-state index is 0.0772. The van der Waals surface area contributed by atoms with Gasteiger partial charge in [-0.3, -0.25) is 9.69 Å². The molecular formula is C14H19N5OS2. The number of carbonyl (C=O) groups excluding carboxylic acids is 1. The number of nitrogens with zero attached hydrogens (tertiary/aromatic N) is 4. The Balaban J connectivity index is 1.56. The third-order valence-electron chi connectivity index (χ3n) is 3.60. The summed E-state index contributed by atoms with van der Waals surface area (Å²) in [4.78, 5) is 24.7. The maximum atomic E-state index is 11.0. The van der Waals surface area contributed by atoms with Crippen molar-refractivity contribution in [3.63, 3.8) is 0 Å². The number of anilines is 2. The van der Waals surface area contributed by atoms with E-state index in [1.165, 1.54) is 18.3 Å². The number of nitrogens with one attached hydrogen (secondary N) is 1. The Morgan fingerprint density at radius 3 is 3.00 bits per heavy atom. The molecule has 0 radical (unpaired) electrons. The number of aromatic nitrogens is 2. The SMILES string of the molecule is CC(=O)Nc1nc(CN2CCN(c3nccs3)[C@@H](C)C2)cs1. The monoisotopic (exact) mass is 337 g/mol. The lowest BCUT2D eigenvalue weighted by Gasteiger charge is -2.39. The van der Waals surface area contributed by atoms with Gasteiger partial charge in [-0.15, -0.1) is 22.7 Å². The lowest BCUT2D eigenvalue weighted by atomic mass is 10.2. The first-order chi connectivity index (χ1) is 10.6. The highest BCUT2D eigenvalue weighted by Crippen LogP contribution is 2.24. The van der Waals surface area contributed by atoms with Crippen molar-refractivity contribution in [2.45, 2.75) is 26.4 Å². The molecule has 1 N–H and O–H groups in total. The molecule has 8 heteroatoms. The topological polar surface area (TPSA) is 61.4 Å². The van der Waals surface area contributed by atoms with Crippen LogP contribution < -0.4 is 10.2 Å². The number of amides is 1. The quantitative estimate of drug-likeness (QED) is 0.927. The average molecular weight is 337 g/mol. The van der Waals surface area contributed by atoms with E-state index in [1.807, 2.05) is 17.0 Å². The van der Waals surface area contributed by atoms with Crippen LogP contribution in [-0.2, 0) is 11.3 Å². The summed E-state index contributed by atoms with van der Waals surface area (Å²) in [6, 6.07) is 0.438. The van der Waals surface area contributed by atoms with Gasteiger partial charge in [-0.25, -0.2) is 9.97 Å². The lowest BCUT2D eigenvalue weighted by Crippen LogP contribution is -2.51. The van der Waals surface area contributed by atoms with Crippen molar-refractivity contribution in [2.24, 2.45) is 0 Å². The van der Waals surface area contributed by atoms with Crippen LogP contribution in [0.3, 0.4) is 0 Å². The van der Waals surface area contributed by atoms with E-state index in [2.05, 4.69) is 32.0 Å². The average Bonchev–Trinajstić information content (AvgIpc) is 3.10. The summed E-state index contributed by atoms with van der Waals surface area (Å²) in [5.41, 5.74) is 1.02. The molecule has 1 aliphatic heterocycles. The van der Waals surface area contributed by atoms with Crippen LogP contribution in [0.5, 0.6) is 0 Å². The van der Waals surface area contributed by atoms with Gasteiger partial charge in [0.2, 0.25) is 5.91 Å². The Hall–Kier alpha value is -1.51. The van der Waals surface area contributed by atoms with Crippen LogP contribution in [-0.4, -0.2) is 46.5 Å². The first-order valence-electron chi connectivity index (χ1n) is 7.22. The van der Waals surface area contributed by atoms with Crippen LogP contribution in [0.15, 0.2) is 17.0 Å². The van der Waals surface area contributed by atoms with E-state index in [9.17, 15) is 4.79 Å². The summed E-state index contributed by atoms with van der Waals surface area (Å²) in [6.45, 7) is 7.53. The number of thiazole rings is 2. The van der Waals surface area contributed by atoms with Crippen molar-refractivity contribution in [3.8, 4) is 0 Å². The van der Waals surface area contributed by atoms with Crippen molar-refractivity contribution in [2.75, 3.05) is 29.9 Å². The summed E-state index contributed by atoms with van der Waals surface area (Å²) in [6.07, 6.45) is 1.86. The molecule has 2 aromatic rings. The summed E-state index contributed by atoms with van der Waals surface area (Å²) < 4.78 is 0. The molecule has 2 aromatic heterocycles. The molecule has 118 valence electrons. The summed E-state index contributed by atoms with van der Waals surface area (Å²) in [5.74, 6) is -0.0772. The van der Waals surface area contributed by atoms with Crippen LogP contribution in [0, 0.1) is 0 Å². The molecule has 0 unspecified atom stereocenters. The van der Waals surface area contributed by atoms with Gasteiger partial charge in [0.15, 0.2) is 10.3 Å². The van der Waals surface area contributed by atoms with Crippen molar-refractivity contribution in [1.82, 2.24) is 14.9 Å². The Kier molecular flexibility index (Phi) is 4.70. The van der Waals surface area contributed by atoms with E-state index in [4.69, 9.17) is 0 Å². The molecule has 3 heterocycles. The number of piperazine rings is 1. The van der Waals surface area contributed by atoms with Gasteiger partial charge in [0.05, 0.1) is 5.69 Å². The minimum atomic E-state index is -0.0772. The van der Waals surface area contributed by atoms with Crippen molar-refractivity contribution < 1.29 is 4.79 Å². The molecule has 22 heavy (non-hydrogen) atoms. The second-order valence-corrected chi connectivity index (χ2v) is 7.15. The van der Waals surface area contributed by atoms with Crippen LogP contribution in [0.25, 0.3) is 0 Å². The predicted octanol–water partition coefficient (Wildman–Crippen LogP) is 2.27. The lowest BCUT2D eigenvalue weighted by molar-refractivity contribution is -0.114. The number of rotatable bonds is 4. The molecule has 1 atom stereocenters. The smallest absolute Gasteiger partial charge is 0.223 e. The molecule has 6 nitrogen and oxygen atoms in total. The summed E-state index contributed by atoms with van der Waals surface area (Å²) >= 11 is 3.17. The van der Waals surface area contributed by atoms with Gasteiger partial charge < -0.3 is 10.2 Å². The van der Waals surface area contributed by atoms with Crippen LogP contribution in [0.2, 0.25) is 0 Å². The zero-order valence-electron chi connectivity index (χ0n) is 12.7. The highest BCUT2D eigenvalue weighted by atomic mass is 32.1. The van der Waals surface area contributed by atoms with Crippen molar-refractivity contribution in [3.05, 3.63) is 22.7 Å². The minimum Gasteiger partial charge on any atom is -0.343 e. The molecule has 1 saturated heterocycles. The van der Waals surface area contributed by atoms with Crippen LogP contribution >= 0.6 is 22.7 Å². The van der Waals surface area contributed by atoms with E-state index in [0.717, 1.165) is 37.0 Å². The molecule has 0 aromatic carbocycles. The van der Waals surface area contributed by atoms with Crippen molar-refractivity contribution in [1.29, 1.82) is 0 Å². The molecule has 0 bridgehead atoms. The number of carbonyl (C=O) groups is 1. The third-order valence-corrected chi connectivity index (χ3v) is 5.21. The van der Waals surface area contributed by atoms with E-state index < -0.39 is 0 Å². The second kappa shape index (κ2) is 6.72. The summed E-state index contributed by atoms with van der Waals surface area (Å²) in [7, 11) is 0. The fourth-order valence-electron chi connectivity index (χ4n) is 2.64. The van der Waals surface area contributed by atoms with Gasteiger partial charge in [0.25, 0.3) is 0 Å². The largest absolute Gasteiger partial charge is 0.343 e. The van der Waals surface area contributed by atoms with E-state index in [-0.39, 0.29) is 5.91 Å². The predicted molar refractivity (Wildman–Crippen MR) is 90.6 cm³/mol. The van der Waals surface area contributed by atoms with Gasteiger partial charge in [0.1, 0.15) is 0 Å². The van der Waals surface area contributed by atoms with Crippen molar-refractivity contribution >= 4 is 38.8 Å². The maximum absolute atomic E-state index is 11.0. The first-order valence-corrected chi connectivity index (χ1v) is 8.98. The number of hydrogen-bond donors (Lipinski definition) is 1. The first kappa shape index (κ1) is 15.4. The molecule has 3 rings (SSSR count). The van der Waals surface area contributed by atoms with Gasteiger partial charge in [-0.1, -0.05) is 0 Å². The maximum Gasteiger partial charge on any atom is 0.223 e. The summed E-state index contributed by atoms with van der Waals surface area (Å²) in [5, 5.41) is 8.55. The fourth-order valence-corrected chi connectivity index (χ4v) is 4.15. The normalized spacial score (nSPS) is 19.4. The van der Waals surface area contributed by atoms with E-state index in [1.54, 1.807) is 11.3 Å². The van der Waals surface area contributed by atoms with Gasteiger partial charge in [-0.05, 0) is 6.92 Å². The molecule has 1 fully saturated rings. The third kappa shape index (κ3) is 3.63. The standard InChI is InChI=1S/C14H19N5OS2/c1-10-7-18(4-5-19(10)14-15-3-6-21-14)8-12-9-22-13(17-12)16-11(2)20/h3,6,9-10H,4-5,7-8H2,1-2H3,(H,16,17,20)/t10-/m0/s1. The zero-order valence-corrected chi connectivity index (χ0v) is 14.3. The van der Waals surface area contributed by atoms with Crippen LogP contribution in [0.1, 0.15) is 19.5 Å². The Labute approximate surface area is 137 Å². The Morgan fingerprint density at radius 1 is 1.45 bits per heavy atom. The van der Waals surface area contributed by atoms with Gasteiger partial charge in [0, 0.05) is 56.1 Å². The highest BCUT2D eigenvalue weighted by molar-refractivity contribution is 7.14. The Morgan fingerprint density at radius 2 is 2.32 bits per heavy atom. The molecule has 1 aliphatic rings. The second-order valence-electron chi connectivity index (χ2n) is 5.42. The zero-order chi connectivity index (χ0) is 15.5. The molecule has 0 spiro atoms. The fraction of sp³-hybridized carbons (Fsp3) is 0.500. The van der Waals surface area contributed by atoms with E-state index >= 15 is 0 Å². The number of hydrogen-bond acceptors (Lipinski definition) is 7. The Bertz CT molecular complexity index is 627. The molecular weight excluding hydrogens is 318 g/mol.